The highest BCUT2D eigenvalue weighted by Gasteiger charge is 2.36. The van der Waals surface area contributed by atoms with Crippen molar-refractivity contribution in [1.29, 1.82) is 5.26 Å². The number of rotatable bonds is 7. The fourth-order valence-corrected chi connectivity index (χ4v) is 3.57. The molecular formula is C19H26N6O4. The lowest BCUT2D eigenvalue weighted by Crippen LogP contribution is -2.39. The van der Waals surface area contributed by atoms with Crippen LogP contribution in [-0.2, 0) is 9.53 Å². The maximum Gasteiger partial charge on any atom is 0.242 e. The fourth-order valence-electron chi connectivity index (χ4n) is 3.57. The van der Waals surface area contributed by atoms with E-state index in [9.17, 15) is 20.3 Å². The molecule has 0 bridgehead atoms. The molecule has 1 fully saturated rings. The van der Waals surface area contributed by atoms with Crippen LogP contribution in [0.2, 0.25) is 0 Å². The average molecular weight is 402 g/mol. The number of hydrogen-bond donors (Lipinski definition) is 4. The molecule has 1 unspecified atom stereocenters. The lowest BCUT2D eigenvalue weighted by atomic mass is 10.0. The average Bonchev–Trinajstić information content (AvgIpc) is 3.26. The molecule has 4 atom stereocenters. The highest BCUT2D eigenvalue weighted by atomic mass is 16.5. The van der Waals surface area contributed by atoms with Crippen LogP contribution in [0.3, 0.4) is 0 Å². The van der Waals surface area contributed by atoms with E-state index >= 15 is 0 Å². The number of hydrogen-bond acceptors (Lipinski definition) is 8. The second-order valence-electron chi connectivity index (χ2n) is 7.56. The van der Waals surface area contributed by atoms with E-state index in [2.05, 4.69) is 26.7 Å². The number of nitriles is 1. The van der Waals surface area contributed by atoms with Crippen molar-refractivity contribution >= 4 is 22.8 Å². The van der Waals surface area contributed by atoms with Gasteiger partial charge < -0.3 is 30.2 Å². The molecule has 2 aromatic rings. The van der Waals surface area contributed by atoms with Crippen molar-refractivity contribution in [2.75, 3.05) is 19.0 Å². The second-order valence-corrected chi connectivity index (χ2v) is 7.56. The zero-order valence-corrected chi connectivity index (χ0v) is 16.7. The largest absolute Gasteiger partial charge is 0.394 e. The molecule has 10 nitrogen and oxygen atoms in total. The first kappa shape index (κ1) is 21.1. The first-order chi connectivity index (χ1) is 13.9. The van der Waals surface area contributed by atoms with Gasteiger partial charge >= 0.3 is 0 Å². The van der Waals surface area contributed by atoms with Gasteiger partial charge in [-0.1, -0.05) is 13.8 Å². The molecule has 2 aromatic heterocycles. The molecule has 156 valence electrons. The highest BCUT2D eigenvalue weighted by molar-refractivity contribution is 6.02. The molecule has 1 aliphatic rings. The van der Waals surface area contributed by atoms with Crippen molar-refractivity contribution < 1.29 is 19.7 Å². The molecule has 1 amide bonds. The number of amides is 1. The van der Waals surface area contributed by atoms with Gasteiger partial charge in [-0.25, -0.2) is 9.97 Å². The Morgan fingerprint density at radius 1 is 1.48 bits per heavy atom. The van der Waals surface area contributed by atoms with Crippen LogP contribution < -0.4 is 10.6 Å². The van der Waals surface area contributed by atoms with E-state index in [1.807, 2.05) is 13.8 Å². The maximum atomic E-state index is 12.7. The number of likely N-dealkylation sites (N-methyl/N-ethyl adjacent to an activating group) is 1. The van der Waals surface area contributed by atoms with Crippen LogP contribution >= 0.6 is 0 Å². The van der Waals surface area contributed by atoms with Crippen molar-refractivity contribution in [1.82, 2.24) is 19.9 Å². The van der Waals surface area contributed by atoms with Crippen LogP contribution in [0.25, 0.3) is 11.0 Å². The van der Waals surface area contributed by atoms with Gasteiger partial charge in [0.05, 0.1) is 29.7 Å². The molecule has 1 aliphatic heterocycles. The molecule has 0 saturated carbocycles. The van der Waals surface area contributed by atoms with Crippen LogP contribution in [0.15, 0.2) is 12.5 Å². The number of aliphatic hydroxyl groups is 2. The number of ether oxygens (including phenoxy) is 1. The van der Waals surface area contributed by atoms with Gasteiger partial charge in [0.15, 0.2) is 0 Å². The van der Waals surface area contributed by atoms with Gasteiger partial charge in [-0.2, -0.15) is 5.26 Å². The molecule has 4 N–H and O–H groups in total. The second kappa shape index (κ2) is 8.84. The van der Waals surface area contributed by atoms with Crippen molar-refractivity contribution in [3.8, 4) is 6.07 Å². The normalized spacial score (nSPS) is 22.7. The Balaban J connectivity index is 1.96. The third-order valence-corrected chi connectivity index (χ3v) is 5.04. The summed E-state index contributed by atoms with van der Waals surface area (Å²) in [5.41, 5.74) is 0.693. The van der Waals surface area contributed by atoms with Gasteiger partial charge in [-0.15, -0.1) is 0 Å². The summed E-state index contributed by atoms with van der Waals surface area (Å²) >= 11 is 0. The maximum absolute atomic E-state index is 12.7. The van der Waals surface area contributed by atoms with Gasteiger partial charge in [-0.3, -0.25) is 4.79 Å². The van der Waals surface area contributed by atoms with Crippen molar-refractivity contribution in [3.63, 3.8) is 0 Å². The zero-order valence-electron chi connectivity index (χ0n) is 16.7. The summed E-state index contributed by atoms with van der Waals surface area (Å²) < 4.78 is 7.32. The van der Waals surface area contributed by atoms with Crippen molar-refractivity contribution in [3.05, 3.63) is 18.1 Å². The molecule has 0 spiro atoms. The number of aliphatic hydroxyl groups excluding tert-OH is 2. The standard InChI is InChI=1S/C19H26N6O4/c1-10(2)4-12(21-3)19(28)24-17-16-11(6-20)7-25(18(16)23-9-22-17)15-5-13(27)14(8-26)29-15/h7,9-10,12-15,21,26-27H,4-5,8H2,1-3H3,(H,22,23,24,28)/t12?,13-,14-,15-/m1/s1. The molecule has 3 heterocycles. The molecule has 29 heavy (non-hydrogen) atoms. The minimum absolute atomic E-state index is 0.245. The minimum Gasteiger partial charge on any atom is -0.394 e. The van der Waals surface area contributed by atoms with E-state index in [-0.39, 0.29) is 30.3 Å². The van der Waals surface area contributed by atoms with Crippen LogP contribution in [-0.4, -0.2) is 62.6 Å². The number of aromatic nitrogens is 3. The van der Waals surface area contributed by atoms with Crippen molar-refractivity contribution in [2.45, 2.75) is 51.2 Å². The Bertz CT molecular complexity index is 921. The predicted octanol–water partition coefficient (Wildman–Crippen LogP) is 0.516. The number of fused-ring (bicyclic) bond motifs is 1. The Labute approximate surface area is 168 Å². The third kappa shape index (κ3) is 4.23. The quantitative estimate of drug-likeness (QED) is 0.524. The van der Waals surface area contributed by atoms with Crippen LogP contribution in [0, 0.1) is 17.2 Å². The van der Waals surface area contributed by atoms with Gasteiger partial charge in [0.1, 0.15) is 36.2 Å². The van der Waals surface area contributed by atoms with E-state index < -0.39 is 24.5 Å². The molecule has 0 aliphatic carbocycles. The first-order valence-corrected chi connectivity index (χ1v) is 9.57. The van der Waals surface area contributed by atoms with E-state index in [0.29, 0.717) is 23.4 Å². The van der Waals surface area contributed by atoms with Gasteiger partial charge in [0.2, 0.25) is 5.91 Å². The Morgan fingerprint density at radius 2 is 2.24 bits per heavy atom. The molecule has 1 saturated heterocycles. The number of carbonyl (C=O) groups is 1. The number of nitrogens with one attached hydrogen (secondary N) is 2. The molecule has 10 heteroatoms. The van der Waals surface area contributed by atoms with Crippen molar-refractivity contribution in [2.24, 2.45) is 5.92 Å². The zero-order chi connectivity index (χ0) is 21.1. The molecule has 0 aromatic carbocycles. The van der Waals surface area contributed by atoms with Gasteiger partial charge in [0.25, 0.3) is 0 Å². The van der Waals surface area contributed by atoms with E-state index in [0.717, 1.165) is 0 Å². The Morgan fingerprint density at radius 3 is 2.83 bits per heavy atom. The summed E-state index contributed by atoms with van der Waals surface area (Å²) in [5.74, 6) is 0.326. The summed E-state index contributed by atoms with van der Waals surface area (Å²) in [6, 6.07) is 1.71. The minimum atomic E-state index is -0.818. The first-order valence-electron chi connectivity index (χ1n) is 9.57. The van der Waals surface area contributed by atoms with Crippen LogP contribution in [0.1, 0.15) is 38.5 Å². The van der Waals surface area contributed by atoms with Gasteiger partial charge in [-0.05, 0) is 19.4 Å². The molecule has 0 radical (unpaired) electrons. The smallest absolute Gasteiger partial charge is 0.242 e. The number of anilines is 1. The monoisotopic (exact) mass is 402 g/mol. The number of carbonyl (C=O) groups excluding carboxylic acids is 1. The summed E-state index contributed by atoms with van der Waals surface area (Å²) in [7, 11) is 1.72. The summed E-state index contributed by atoms with van der Waals surface area (Å²) in [6.45, 7) is 3.76. The summed E-state index contributed by atoms with van der Waals surface area (Å²) in [6.07, 6.45) is 1.67. The lowest BCUT2D eigenvalue weighted by molar-refractivity contribution is -0.118. The Hall–Kier alpha value is -2.58. The fraction of sp³-hybridized carbons (Fsp3) is 0.579. The Kier molecular flexibility index (Phi) is 6.44. The van der Waals surface area contributed by atoms with E-state index in [1.54, 1.807) is 17.8 Å². The lowest BCUT2D eigenvalue weighted by Gasteiger charge is -2.18. The number of nitrogens with zero attached hydrogens (tertiary/aromatic N) is 4. The highest BCUT2D eigenvalue weighted by Crippen LogP contribution is 2.34. The summed E-state index contributed by atoms with van der Waals surface area (Å²) in [5, 5.41) is 35.2. The third-order valence-electron chi connectivity index (χ3n) is 5.04. The van der Waals surface area contributed by atoms with E-state index in [4.69, 9.17) is 4.74 Å². The topological polar surface area (TPSA) is 145 Å². The van der Waals surface area contributed by atoms with Crippen LogP contribution in [0.4, 0.5) is 5.82 Å². The molecular weight excluding hydrogens is 376 g/mol. The van der Waals surface area contributed by atoms with E-state index in [1.165, 1.54) is 6.33 Å². The molecule has 3 rings (SSSR count). The summed E-state index contributed by atoms with van der Waals surface area (Å²) in [4.78, 5) is 21.1. The SMILES string of the molecule is CNC(CC(C)C)C(=O)Nc1ncnc2c1c(C#N)cn2[C@H]1C[C@@H](O)[C@@H](CO)O1. The van der Waals surface area contributed by atoms with Gasteiger partial charge in [0, 0.05) is 12.6 Å². The van der Waals surface area contributed by atoms with Crippen LogP contribution in [0.5, 0.6) is 0 Å². The predicted molar refractivity (Wildman–Crippen MR) is 105 cm³/mol.